The Kier molecular flexibility index (Phi) is 4.04. The largest absolute Gasteiger partial charge is 0.261 e. The van der Waals surface area contributed by atoms with E-state index >= 15 is 0 Å². The molecule has 0 aliphatic rings. The lowest BCUT2D eigenvalue weighted by Gasteiger charge is -2.06. The molecule has 0 atom stereocenters. The fraction of sp³-hybridized carbons (Fsp3) is 0.100. The van der Waals surface area contributed by atoms with Crippen molar-refractivity contribution in [3.63, 3.8) is 0 Å². The molecule has 4 rings (SSSR count). The van der Waals surface area contributed by atoms with E-state index in [1.165, 1.54) is 11.1 Å². The summed E-state index contributed by atoms with van der Waals surface area (Å²) in [4.78, 5) is 13.2. The summed E-state index contributed by atoms with van der Waals surface area (Å²) in [6, 6.07) is 18.5. The molecule has 4 aromatic rings. The van der Waals surface area contributed by atoms with E-state index in [0.717, 1.165) is 11.4 Å². The number of hydrogen-bond acceptors (Lipinski definition) is 4. The number of rotatable bonds is 4. The average molecular weight is 327 g/mol. The van der Waals surface area contributed by atoms with Gasteiger partial charge in [-0.2, -0.15) is 0 Å². The highest BCUT2D eigenvalue weighted by atomic mass is 15.3. The molecule has 0 amide bonds. The lowest BCUT2D eigenvalue weighted by Crippen LogP contribution is -2.04. The van der Waals surface area contributed by atoms with E-state index in [2.05, 4.69) is 58.4 Å². The molecule has 0 bridgehead atoms. The van der Waals surface area contributed by atoms with Crippen LogP contribution in [0.3, 0.4) is 0 Å². The smallest absolute Gasteiger partial charge is 0.201 e. The van der Waals surface area contributed by atoms with Crippen LogP contribution in [-0.4, -0.2) is 24.7 Å². The van der Waals surface area contributed by atoms with Gasteiger partial charge in [-0.05, 0) is 12.5 Å². The minimum atomic E-state index is 0.583. The summed E-state index contributed by atoms with van der Waals surface area (Å²) < 4.78 is 1.92. The van der Waals surface area contributed by atoms with Crippen molar-refractivity contribution in [1.82, 2.24) is 24.7 Å². The summed E-state index contributed by atoms with van der Waals surface area (Å²) in [5, 5.41) is 4.68. The van der Waals surface area contributed by atoms with Crippen LogP contribution < -0.4 is 0 Å². The molecule has 0 unspecified atom stereocenters. The van der Waals surface area contributed by atoms with Gasteiger partial charge in [-0.3, -0.25) is 4.98 Å². The molecule has 2 heterocycles. The molecular weight excluding hydrogens is 310 g/mol. The molecule has 0 saturated carbocycles. The molecule has 2 aromatic carbocycles. The van der Waals surface area contributed by atoms with Crippen molar-refractivity contribution in [2.75, 3.05) is 0 Å². The van der Waals surface area contributed by atoms with Crippen molar-refractivity contribution in [2.45, 2.75) is 13.5 Å². The van der Waals surface area contributed by atoms with E-state index in [9.17, 15) is 0 Å². The van der Waals surface area contributed by atoms with Gasteiger partial charge in [-0.25, -0.2) is 14.6 Å². The maximum atomic E-state index is 4.73. The SMILES string of the molecule is Cc1ccc(-c2nc(-c3cnccn3)nn2Cc2ccccc2)cc1. The van der Waals surface area contributed by atoms with E-state index in [0.29, 0.717) is 18.1 Å². The highest BCUT2D eigenvalue weighted by molar-refractivity contribution is 5.59. The number of benzene rings is 2. The molecule has 5 nitrogen and oxygen atoms in total. The molecule has 122 valence electrons. The first-order valence-corrected chi connectivity index (χ1v) is 8.12. The summed E-state index contributed by atoms with van der Waals surface area (Å²) in [7, 11) is 0. The van der Waals surface area contributed by atoms with E-state index < -0.39 is 0 Å². The molecule has 2 aromatic heterocycles. The van der Waals surface area contributed by atoms with Gasteiger partial charge in [0.05, 0.1) is 12.7 Å². The molecule has 0 N–H and O–H groups in total. The Labute approximate surface area is 146 Å². The molecule has 0 radical (unpaired) electrons. The maximum Gasteiger partial charge on any atom is 0.201 e. The first-order chi connectivity index (χ1) is 12.3. The molecule has 0 saturated heterocycles. The van der Waals surface area contributed by atoms with Crippen LogP contribution >= 0.6 is 0 Å². The Morgan fingerprint density at radius 1 is 0.920 bits per heavy atom. The maximum absolute atomic E-state index is 4.73. The fourth-order valence-electron chi connectivity index (χ4n) is 2.65. The third kappa shape index (κ3) is 3.30. The Balaban J connectivity index is 1.80. The molecule has 0 spiro atoms. The lowest BCUT2D eigenvalue weighted by molar-refractivity contribution is 0.694. The van der Waals surface area contributed by atoms with E-state index in [-0.39, 0.29) is 0 Å². The number of aryl methyl sites for hydroxylation is 1. The van der Waals surface area contributed by atoms with E-state index in [1.807, 2.05) is 22.9 Å². The van der Waals surface area contributed by atoms with Gasteiger partial charge in [-0.15, -0.1) is 5.10 Å². The summed E-state index contributed by atoms with van der Waals surface area (Å²) in [5.74, 6) is 1.41. The second-order valence-electron chi connectivity index (χ2n) is 5.86. The van der Waals surface area contributed by atoms with Crippen molar-refractivity contribution in [2.24, 2.45) is 0 Å². The zero-order chi connectivity index (χ0) is 17.1. The predicted octanol–water partition coefficient (Wildman–Crippen LogP) is 3.76. The fourth-order valence-corrected chi connectivity index (χ4v) is 2.65. The lowest BCUT2D eigenvalue weighted by atomic mass is 10.1. The summed E-state index contributed by atoms with van der Waals surface area (Å²) in [6.07, 6.45) is 4.98. The van der Waals surface area contributed by atoms with Gasteiger partial charge >= 0.3 is 0 Å². The Bertz CT molecular complexity index is 960. The van der Waals surface area contributed by atoms with Crippen molar-refractivity contribution < 1.29 is 0 Å². The van der Waals surface area contributed by atoms with Crippen LogP contribution in [0.5, 0.6) is 0 Å². The van der Waals surface area contributed by atoms with Gasteiger partial charge in [0.15, 0.2) is 5.82 Å². The summed E-state index contributed by atoms with van der Waals surface area (Å²) in [6.45, 7) is 2.72. The first-order valence-electron chi connectivity index (χ1n) is 8.12. The van der Waals surface area contributed by atoms with Gasteiger partial charge in [0.1, 0.15) is 5.69 Å². The van der Waals surface area contributed by atoms with Crippen molar-refractivity contribution in [1.29, 1.82) is 0 Å². The van der Waals surface area contributed by atoms with E-state index in [4.69, 9.17) is 4.98 Å². The van der Waals surface area contributed by atoms with Crippen LogP contribution in [0.25, 0.3) is 22.9 Å². The Morgan fingerprint density at radius 2 is 1.72 bits per heavy atom. The molecule has 0 fully saturated rings. The van der Waals surface area contributed by atoms with Crippen molar-refractivity contribution in [3.8, 4) is 22.9 Å². The second-order valence-corrected chi connectivity index (χ2v) is 5.86. The van der Waals surface area contributed by atoms with Gasteiger partial charge in [0.25, 0.3) is 0 Å². The quantitative estimate of drug-likeness (QED) is 0.573. The minimum absolute atomic E-state index is 0.583. The second kappa shape index (κ2) is 6.65. The number of nitrogens with zero attached hydrogens (tertiary/aromatic N) is 5. The van der Waals surface area contributed by atoms with Crippen LogP contribution in [0, 0.1) is 6.92 Å². The van der Waals surface area contributed by atoms with Crippen LogP contribution in [0.4, 0.5) is 0 Å². The standard InChI is InChI=1S/C20H17N5/c1-15-7-9-17(10-8-15)20-23-19(18-13-21-11-12-22-18)24-25(20)14-16-5-3-2-4-6-16/h2-13H,14H2,1H3. The monoisotopic (exact) mass is 327 g/mol. The highest BCUT2D eigenvalue weighted by Gasteiger charge is 2.14. The third-order valence-electron chi connectivity index (χ3n) is 3.95. The molecule has 5 heteroatoms. The molecular formula is C20H17N5. The summed E-state index contributed by atoms with van der Waals surface area (Å²) >= 11 is 0. The van der Waals surface area contributed by atoms with E-state index in [1.54, 1.807) is 18.6 Å². The highest BCUT2D eigenvalue weighted by Crippen LogP contribution is 2.22. The van der Waals surface area contributed by atoms with Gasteiger partial charge in [-0.1, -0.05) is 60.2 Å². The molecule has 25 heavy (non-hydrogen) atoms. The van der Waals surface area contributed by atoms with Crippen molar-refractivity contribution >= 4 is 0 Å². The Hall–Kier alpha value is -3.34. The predicted molar refractivity (Wildman–Crippen MR) is 96.8 cm³/mol. The normalized spacial score (nSPS) is 10.8. The molecule has 0 aliphatic carbocycles. The number of hydrogen-bond donors (Lipinski definition) is 0. The van der Waals surface area contributed by atoms with Gasteiger partial charge in [0, 0.05) is 18.0 Å². The van der Waals surface area contributed by atoms with Crippen LogP contribution in [-0.2, 0) is 6.54 Å². The third-order valence-corrected chi connectivity index (χ3v) is 3.95. The zero-order valence-electron chi connectivity index (χ0n) is 13.9. The minimum Gasteiger partial charge on any atom is -0.261 e. The average Bonchev–Trinajstić information content (AvgIpc) is 3.08. The van der Waals surface area contributed by atoms with Crippen LogP contribution in [0.1, 0.15) is 11.1 Å². The molecule has 0 aliphatic heterocycles. The topological polar surface area (TPSA) is 56.5 Å². The van der Waals surface area contributed by atoms with Crippen molar-refractivity contribution in [3.05, 3.63) is 84.3 Å². The summed E-state index contributed by atoms with van der Waals surface area (Å²) in [5.41, 5.74) is 4.09. The van der Waals surface area contributed by atoms with Crippen LogP contribution in [0.2, 0.25) is 0 Å². The zero-order valence-corrected chi connectivity index (χ0v) is 13.9. The Morgan fingerprint density at radius 3 is 2.44 bits per heavy atom. The van der Waals surface area contributed by atoms with Gasteiger partial charge < -0.3 is 0 Å². The van der Waals surface area contributed by atoms with Crippen LogP contribution in [0.15, 0.2) is 73.2 Å². The number of aromatic nitrogens is 5. The first kappa shape index (κ1) is 15.2. The van der Waals surface area contributed by atoms with Gasteiger partial charge in [0.2, 0.25) is 5.82 Å².